The summed E-state index contributed by atoms with van der Waals surface area (Å²) in [6.07, 6.45) is 1.62. The summed E-state index contributed by atoms with van der Waals surface area (Å²) in [6, 6.07) is 7.76. The molecule has 1 fully saturated rings. The van der Waals surface area contributed by atoms with Gasteiger partial charge in [-0.05, 0) is 31.3 Å². The summed E-state index contributed by atoms with van der Waals surface area (Å²) < 4.78 is 5.35. The molecule has 0 bridgehead atoms. The molecule has 2 amide bonds. The zero-order valence-electron chi connectivity index (χ0n) is 14.7. The van der Waals surface area contributed by atoms with Crippen molar-refractivity contribution in [1.82, 2.24) is 10.2 Å². The van der Waals surface area contributed by atoms with E-state index >= 15 is 0 Å². The van der Waals surface area contributed by atoms with Crippen LogP contribution in [0.2, 0.25) is 0 Å². The number of morpholine rings is 1. The van der Waals surface area contributed by atoms with Crippen molar-refractivity contribution in [2.75, 3.05) is 63.2 Å². The molecule has 0 atom stereocenters. The molecule has 0 spiro atoms. The third kappa shape index (κ3) is 6.56. The molecule has 1 heterocycles. The summed E-state index contributed by atoms with van der Waals surface area (Å²) in [5.74, 6) is -0.289. The topological polar surface area (TPSA) is 73.9 Å². The van der Waals surface area contributed by atoms with E-state index in [1.807, 2.05) is 24.3 Å². The average molecular weight is 346 g/mol. The Morgan fingerprint density at radius 2 is 1.84 bits per heavy atom. The monoisotopic (exact) mass is 346 g/mol. The molecular formula is C18H26N4O3. The van der Waals surface area contributed by atoms with Crippen molar-refractivity contribution in [2.24, 2.45) is 0 Å². The van der Waals surface area contributed by atoms with Gasteiger partial charge in [0, 0.05) is 31.0 Å². The third-order valence-corrected chi connectivity index (χ3v) is 3.80. The normalized spacial score (nSPS) is 14.2. The Morgan fingerprint density at radius 3 is 2.48 bits per heavy atom. The number of ether oxygens (including phenoxy) is 1. The molecule has 136 valence electrons. The Labute approximate surface area is 148 Å². The van der Waals surface area contributed by atoms with Gasteiger partial charge in [-0.15, -0.1) is 6.58 Å². The first kappa shape index (κ1) is 19.0. The number of carbonyl (C=O) groups excluding carboxylic acids is 2. The van der Waals surface area contributed by atoms with E-state index in [-0.39, 0.29) is 24.9 Å². The molecule has 2 rings (SSSR count). The van der Waals surface area contributed by atoms with Gasteiger partial charge in [0.1, 0.15) is 0 Å². The summed E-state index contributed by atoms with van der Waals surface area (Å²) in [5, 5.41) is 5.53. The highest BCUT2D eigenvalue weighted by Gasteiger charge is 2.12. The molecule has 7 heteroatoms. The minimum atomic E-state index is -0.154. The van der Waals surface area contributed by atoms with Crippen molar-refractivity contribution in [1.29, 1.82) is 0 Å². The maximum atomic E-state index is 12.1. The van der Waals surface area contributed by atoms with Crippen LogP contribution in [0.1, 0.15) is 0 Å². The molecule has 2 N–H and O–H groups in total. The van der Waals surface area contributed by atoms with Crippen LogP contribution in [0.3, 0.4) is 0 Å². The van der Waals surface area contributed by atoms with Crippen LogP contribution in [-0.2, 0) is 14.3 Å². The van der Waals surface area contributed by atoms with Gasteiger partial charge in [-0.25, -0.2) is 0 Å². The van der Waals surface area contributed by atoms with E-state index in [0.29, 0.717) is 6.54 Å². The van der Waals surface area contributed by atoms with Crippen LogP contribution < -0.4 is 15.5 Å². The highest BCUT2D eigenvalue weighted by Crippen LogP contribution is 2.18. The average Bonchev–Trinajstić information content (AvgIpc) is 2.61. The van der Waals surface area contributed by atoms with Gasteiger partial charge in [0.15, 0.2) is 0 Å². The van der Waals surface area contributed by atoms with E-state index in [2.05, 4.69) is 22.1 Å². The molecule has 1 aliphatic heterocycles. The van der Waals surface area contributed by atoms with Crippen molar-refractivity contribution < 1.29 is 14.3 Å². The lowest BCUT2D eigenvalue weighted by molar-refractivity contribution is -0.122. The fourth-order valence-electron chi connectivity index (χ4n) is 2.57. The Balaban J connectivity index is 1.77. The number of nitrogens with zero attached hydrogens (tertiary/aromatic N) is 2. The lowest BCUT2D eigenvalue weighted by Gasteiger charge is -2.28. The van der Waals surface area contributed by atoms with Crippen molar-refractivity contribution in [3.8, 4) is 0 Å². The number of anilines is 2. The Bertz CT molecular complexity index is 582. The predicted molar refractivity (Wildman–Crippen MR) is 98.8 cm³/mol. The Morgan fingerprint density at radius 1 is 1.20 bits per heavy atom. The van der Waals surface area contributed by atoms with Gasteiger partial charge in [-0.3, -0.25) is 14.5 Å². The number of likely N-dealkylation sites (N-methyl/N-ethyl adjacent to an activating group) is 1. The zero-order chi connectivity index (χ0) is 18.1. The SMILES string of the molecule is C=CCNC(=O)CN(C)CC(=O)Nc1ccc(N2CCOCC2)cc1. The molecule has 0 aromatic heterocycles. The van der Waals surface area contributed by atoms with Crippen LogP contribution in [0.4, 0.5) is 11.4 Å². The molecule has 1 aromatic carbocycles. The van der Waals surface area contributed by atoms with Crippen LogP contribution >= 0.6 is 0 Å². The minimum Gasteiger partial charge on any atom is -0.378 e. The highest BCUT2D eigenvalue weighted by molar-refractivity contribution is 5.92. The largest absolute Gasteiger partial charge is 0.378 e. The highest BCUT2D eigenvalue weighted by atomic mass is 16.5. The second-order valence-electron chi connectivity index (χ2n) is 5.96. The number of hydrogen-bond acceptors (Lipinski definition) is 5. The van der Waals surface area contributed by atoms with Crippen LogP contribution in [0, 0.1) is 0 Å². The van der Waals surface area contributed by atoms with Crippen LogP contribution in [-0.4, -0.2) is 69.7 Å². The van der Waals surface area contributed by atoms with Crippen molar-refractivity contribution in [3.63, 3.8) is 0 Å². The molecule has 0 aliphatic carbocycles. The molecule has 1 saturated heterocycles. The number of amides is 2. The molecule has 7 nitrogen and oxygen atoms in total. The molecule has 25 heavy (non-hydrogen) atoms. The van der Waals surface area contributed by atoms with Gasteiger partial charge in [-0.1, -0.05) is 6.08 Å². The van der Waals surface area contributed by atoms with Crippen LogP contribution in [0.25, 0.3) is 0 Å². The van der Waals surface area contributed by atoms with Crippen molar-refractivity contribution in [2.45, 2.75) is 0 Å². The van der Waals surface area contributed by atoms with Gasteiger partial charge in [-0.2, -0.15) is 0 Å². The fourth-order valence-corrected chi connectivity index (χ4v) is 2.57. The van der Waals surface area contributed by atoms with E-state index in [9.17, 15) is 9.59 Å². The molecular weight excluding hydrogens is 320 g/mol. The van der Waals surface area contributed by atoms with Gasteiger partial charge in [0.25, 0.3) is 0 Å². The molecule has 0 radical (unpaired) electrons. The lowest BCUT2D eigenvalue weighted by Crippen LogP contribution is -2.39. The standard InChI is InChI=1S/C18H26N4O3/c1-3-8-19-17(23)13-21(2)14-18(24)20-15-4-6-16(7-5-15)22-9-11-25-12-10-22/h3-7H,1,8-14H2,2H3,(H,19,23)(H,20,24). The maximum Gasteiger partial charge on any atom is 0.238 e. The summed E-state index contributed by atoms with van der Waals surface area (Å²) in [7, 11) is 1.73. The van der Waals surface area contributed by atoms with Crippen molar-refractivity contribution in [3.05, 3.63) is 36.9 Å². The quantitative estimate of drug-likeness (QED) is 0.678. The summed E-state index contributed by atoms with van der Waals surface area (Å²) in [5.41, 5.74) is 1.86. The maximum absolute atomic E-state index is 12.1. The van der Waals surface area contributed by atoms with Crippen molar-refractivity contribution >= 4 is 23.2 Å². The summed E-state index contributed by atoms with van der Waals surface area (Å²) >= 11 is 0. The number of benzene rings is 1. The van der Waals surface area contributed by atoms with E-state index in [0.717, 1.165) is 37.7 Å². The molecule has 1 aromatic rings. The smallest absolute Gasteiger partial charge is 0.238 e. The first-order valence-corrected chi connectivity index (χ1v) is 8.37. The molecule has 0 unspecified atom stereocenters. The fraction of sp³-hybridized carbons (Fsp3) is 0.444. The number of nitrogens with one attached hydrogen (secondary N) is 2. The summed E-state index contributed by atoms with van der Waals surface area (Å²) in [6.45, 7) is 7.52. The first-order chi connectivity index (χ1) is 12.1. The second-order valence-corrected chi connectivity index (χ2v) is 5.96. The number of rotatable bonds is 8. The van der Waals surface area contributed by atoms with Gasteiger partial charge in [0.05, 0.1) is 26.3 Å². The van der Waals surface area contributed by atoms with E-state index in [1.165, 1.54) is 0 Å². The minimum absolute atomic E-state index is 0.134. The van der Waals surface area contributed by atoms with Gasteiger partial charge in [0.2, 0.25) is 11.8 Å². The Kier molecular flexibility index (Phi) is 7.43. The molecule has 1 aliphatic rings. The van der Waals surface area contributed by atoms with E-state index < -0.39 is 0 Å². The number of carbonyl (C=O) groups is 2. The predicted octanol–water partition coefficient (Wildman–Crippen LogP) is 0.696. The molecule has 0 saturated carbocycles. The first-order valence-electron chi connectivity index (χ1n) is 8.37. The third-order valence-electron chi connectivity index (χ3n) is 3.80. The number of hydrogen-bond donors (Lipinski definition) is 2. The zero-order valence-corrected chi connectivity index (χ0v) is 14.7. The van der Waals surface area contributed by atoms with Crippen LogP contribution in [0.5, 0.6) is 0 Å². The second kappa shape index (κ2) is 9.80. The van der Waals surface area contributed by atoms with Crippen LogP contribution in [0.15, 0.2) is 36.9 Å². The van der Waals surface area contributed by atoms with Gasteiger partial charge >= 0.3 is 0 Å². The van der Waals surface area contributed by atoms with Gasteiger partial charge < -0.3 is 20.3 Å². The lowest BCUT2D eigenvalue weighted by atomic mass is 10.2. The van der Waals surface area contributed by atoms with E-state index in [1.54, 1.807) is 18.0 Å². The Hall–Kier alpha value is -2.38. The van der Waals surface area contributed by atoms with E-state index in [4.69, 9.17) is 4.74 Å². The summed E-state index contributed by atoms with van der Waals surface area (Å²) in [4.78, 5) is 27.6.